The van der Waals surface area contributed by atoms with Crippen molar-refractivity contribution in [3.05, 3.63) is 50.2 Å². The molecule has 0 spiro atoms. The van der Waals surface area contributed by atoms with Crippen molar-refractivity contribution < 1.29 is 4.74 Å². The van der Waals surface area contributed by atoms with Crippen molar-refractivity contribution in [2.24, 2.45) is 5.73 Å². The first-order chi connectivity index (χ1) is 9.06. The third-order valence-corrected chi connectivity index (χ3v) is 4.74. The van der Waals surface area contributed by atoms with E-state index in [1.165, 1.54) is 16.0 Å². The molecule has 1 unspecified atom stereocenters. The number of nitrogens with two attached hydrogens (primary N) is 1. The Morgan fingerprint density at radius 1 is 1.26 bits per heavy atom. The van der Waals surface area contributed by atoms with Gasteiger partial charge in [-0.05, 0) is 43.2 Å². The van der Waals surface area contributed by atoms with Crippen LogP contribution in [0.1, 0.15) is 27.5 Å². The lowest BCUT2D eigenvalue weighted by atomic mass is 9.93. The Labute approximate surface area is 123 Å². The van der Waals surface area contributed by atoms with Crippen molar-refractivity contribution in [3.63, 3.8) is 0 Å². The molecule has 2 nitrogen and oxygen atoms in total. The molecule has 1 aromatic heterocycles. The summed E-state index contributed by atoms with van der Waals surface area (Å²) in [6.07, 6.45) is 0. The first-order valence-electron chi connectivity index (χ1n) is 6.17. The van der Waals surface area contributed by atoms with Crippen LogP contribution in [0.2, 0.25) is 4.34 Å². The smallest absolute Gasteiger partial charge is 0.123 e. The molecule has 1 aromatic carbocycles. The third kappa shape index (κ3) is 2.94. The van der Waals surface area contributed by atoms with E-state index in [1.54, 1.807) is 18.4 Å². The van der Waals surface area contributed by atoms with Crippen LogP contribution in [-0.2, 0) is 0 Å². The Bertz CT molecular complexity index is 580. The number of methoxy groups -OCH3 is 1. The van der Waals surface area contributed by atoms with E-state index in [4.69, 9.17) is 22.1 Å². The van der Waals surface area contributed by atoms with Crippen LogP contribution in [0.15, 0.2) is 24.3 Å². The van der Waals surface area contributed by atoms with Gasteiger partial charge < -0.3 is 10.5 Å². The van der Waals surface area contributed by atoms with Crippen LogP contribution >= 0.6 is 22.9 Å². The van der Waals surface area contributed by atoms with Crippen molar-refractivity contribution in [2.75, 3.05) is 13.7 Å². The van der Waals surface area contributed by atoms with Crippen LogP contribution in [0.5, 0.6) is 5.75 Å². The van der Waals surface area contributed by atoms with Crippen LogP contribution in [-0.4, -0.2) is 13.7 Å². The fraction of sp³-hybridized carbons (Fsp3) is 0.333. The number of hydrogen-bond acceptors (Lipinski definition) is 3. The van der Waals surface area contributed by atoms with Gasteiger partial charge in [0.1, 0.15) is 5.75 Å². The predicted octanol–water partition coefficient (Wildman–Crippen LogP) is 4.12. The molecule has 0 aliphatic carbocycles. The Morgan fingerprint density at radius 3 is 2.47 bits per heavy atom. The van der Waals surface area contributed by atoms with Gasteiger partial charge >= 0.3 is 0 Å². The highest BCUT2D eigenvalue weighted by molar-refractivity contribution is 7.16. The highest BCUT2D eigenvalue weighted by Gasteiger charge is 2.19. The summed E-state index contributed by atoms with van der Waals surface area (Å²) in [6, 6.07) is 8.19. The largest absolute Gasteiger partial charge is 0.496 e. The van der Waals surface area contributed by atoms with E-state index in [-0.39, 0.29) is 5.92 Å². The summed E-state index contributed by atoms with van der Waals surface area (Å²) in [6.45, 7) is 4.73. The first-order valence-corrected chi connectivity index (χ1v) is 7.36. The van der Waals surface area contributed by atoms with E-state index in [2.05, 4.69) is 26.0 Å². The van der Waals surface area contributed by atoms with Crippen LogP contribution in [0.25, 0.3) is 0 Å². The topological polar surface area (TPSA) is 35.2 Å². The summed E-state index contributed by atoms with van der Waals surface area (Å²) in [5.74, 6) is 1.02. The molecule has 1 atom stereocenters. The summed E-state index contributed by atoms with van der Waals surface area (Å²) in [5, 5.41) is 0. The van der Waals surface area contributed by atoms with Gasteiger partial charge in [-0.15, -0.1) is 11.3 Å². The molecule has 0 aliphatic rings. The first kappa shape index (κ1) is 14.4. The Morgan fingerprint density at radius 2 is 1.95 bits per heavy atom. The Balaban J connectivity index is 2.51. The summed E-state index contributed by atoms with van der Waals surface area (Å²) in [7, 11) is 1.70. The molecule has 2 aromatic rings. The molecule has 2 rings (SSSR count). The summed E-state index contributed by atoms with van der Waals surface area (Å²) in [4.78, 5) is 1.18. The second-order valence-corrected chi connectivity index (χ2v) is 6.36. The minimum atomic E-state index is 0.131. The van der Waals surface area contributed by atoms with E-state index in [0.717, 1.165) is 15.6 Å². The lowest BCUT2D eigenvalue weighted by Gasteiger charge is -2.19. The normalized spacial score (nSPS) is 12.5. The van der Waals surface area contributed by atoms with Gasteiger partial charge in [-0.3, -0.25) is 0 Å². The molecule has 0 saturated carbocycles. The number of halogens is 1. The second kappa shape index (κ2) is 5.95. The van der Waals surface area contributed by atoms with Gasteiger partial charge in [0, 0.05) is 22.9 Å². The van der Waals surface area contributed by atoms with E-state index >= 15 is 0 Å². The molecule has 0 bridgehead atoms. The van der Waals surface area contributed by atoms with E-state index in [0.29, 0.717) is 6.54 Å². The van der Waals surface area contributed by atoms with Gasteiger partial charge in [-0.2, -0.15) is 0 Å². The molecule has 0 radical (unpaired) electrons. The van der Waals surface area contributed by atoms with Gasteiger partial charge in [0.15, 0.2) is 0 Å². The maximum absolute atomic E-state index is 6.03. The fourth-order valence-electron chi connectivity index (χ4n) is 2.17. The standard InChI is InChI=1S/C15H18ClNOS/c1-9-6-11(13(18-3)7-10(9)2)12(8-17)14-4-5-15(16)19-14/h4-7,12H,8,17H2,1-3H3. The summed E-state index contributed by atoms with van der Waals surface area (Å²) in [5.41, 5.74) is 9.57. The molecular weight excluding hydrogens is 278 g/mol. The third-order valence-electron chi connectivity index (χ3n) is 3.39. The number of benzene rings is 1. The average molecular weight is 296 g/mol. The number of aryl methyl sites for hydroxylation is 2. The lowest BCUT2D eigenvalue weighted by Crippen LogP contribution is -2.14. The van der Waals surface area contributed by atoms with Crippen LogP contribution in [0.3, 0.4) is 0 Å². The van der Waals surface area contributed by atoms with Crippen molar-refractivity contribution >= 4 is 22.9 Å². The van der Waals surface area contributed by atoms with Crippen molar-refractivity contribution in [3.8, 4) is 5.75 Å². The number of hydrogen-bond donors (Lipinski definition) is 1. The maximum Gasteiger partial charge on any atom is 0.123 e. The van der Waals surface area contributed by atoms with Gasteiger partial charge in [-0.1, -0.05) is 17.7 Å². The SMILES string of the molecule is COc1cc(C)c(C)cc1C(CN)c1ccc(Cl)s1. The number of ether oxygens (including phenoxy) is 1. The second-order valence-electron chi connectivity index (χ2n) is 4.61. The molecule has 1 heterocycles. The van der Waals surface area contributed by atoms with E-state index in [9.17, 15) is 0 Å². The van der Waals surface area contributed by atoms with Crippen molar-refractivity contribution in [2.45, 2.75) is 19.8 Å². The highest BCUT2D eigenvalue weighted by Crippen LogP contribution is 2.37. The number of thiophene rings is 1. The molecule has 0 fully saturated rings. The molecule has 0 aliphatic heterocycles. The zero-order valence-electron chi connectivity index (χ0n) is 11.4. The molecule has 102 valence electrons. The minimum absolute atomic E-state index is 0.131. The zero-order chi connectivity index (χ0) is 14.0. The Hall–Kier alpha value is -1.03. The van der Waals surface area contributed by atoms with Gasteiger partial charge in [0.05, 0.1) is 11.4 Å². The lowest BCUT2D eigenvalue weighted by molar-refractivity contribution is 0.407. The average Bonchev–Trinajstić information content (AvgIpc) is 2.81. The molecule has 0 saturated heterocycles. The predicted molar refractivity (Wildman–Crippen MR) is 82.7 cm³/mol. The van der Waals surface area contributed by atoms with Crippen LogP contribution in [0.4, 0.5) is 0 Å². The molecule has 19 heavy (non-hydrogen) atoms. The summed E-state index contributed by atoms with van der Waals surface area (Å²) >= 11 is 7.60. The zero-order valence-corrected chi connectivity index (χ0v) is 12.9. The van der Waals surface area contributed by atoms with Gasteiger partial charge in [0.2, 0.25) is 0 Å². The number of rotatable bonds is 4. The monoisotopic (exact) mass is 295 g/mol. The van der Waals surface area contributed by atoms with Crippen molar-refractivity contribution in [1.29, 1.82) is 0 Å². The molecule has 4 heteroatoms. The van der Waals surface area contributed by atoms with Crippen LogP contribution in [0, 0.1) is 13.8 Å². The van der Waals surface area contributed by atoms with Gasteiger partial charge in [-0.25, -0.2) is 0 Å². The molecule has 2 N–H and O–H groups in total. The van der Waals surface area contributed by atoms with Crippen molar-refractivity contribution in [1.82, 2.24) is 0 Å². The van der Waals surface area contributed by atoms with E-state index in [1.807, 2.05) is 12.1 Å². The van der Waals surface area contributed by atoms with Crippen LogP contribution < -0.4 is 10.5 Å². The molecular formula is C15H18ClNOS. The quantitative estimate of drug-likeness (QED) is 0.921. The Kier molecular flexibility index (Phi) is 4.50. The molecule has 0 amide bonds. The summed E-state index contributed by atoms with van der Waals surface area (Å²) < 4.78 is 6.30. The fourth-order valence-corrected chi connectivity index (χ4v) is 3.37. The maximum atomic E-state index is 6.03. The minimum Gasteiger partial charge on any atom is -0.496 e. The van der Waals surface area contributed by atoms with Gasteiger partial charge in [0.25, 0.3) is 0 Å². The van der Waals surface area contributed by atoms with E-state index < -0.39 is 0 Å². The highest BCUT2D eigenvalue weighted by atomic mass is 35.5.